The molecule has 0 heterocycles. The van der Waals surface area contributed by atoms with E-state index in [0.29, 0.717) is 5.75 Å². The first-order valence-corrected chi connectivity index (χ1v) is 3.30. The number of aromatic hydroxyl groups is 1. The summed E-state index contributed by atoms with van der Waals surface area (Å²) >= 11 is 0. The van der Waals surface area contributed by atoms with Crippen molar-refractivity contribution in [2.24, 2.45) is 5.90 Å². The van der Waals surface area contributed by atoms with Crippen LogP contribution in [0.5, 0.6) is 11.5 Å². The Hall–Kier alpha value is -1.26. The van der Waals surface area contributed by atoms with Gasteiger partial charge in [0.15, 0.2) is 5.75 Å². The van der Waals surface area contributed by atoms with E-state index >= 15 is 0 Å². The van der Waals surface area contributed by atoms with Gasteiger partial charge in [0.2, 0.25) is 0 Å². The maximum absolute atomic E-state index is 8.81. The molecule has 0 aliphatic rings. The third kappa shape index (κ3) is 4.54. The number of benzene rings is 1. The Morgan fingerprint density at radius 1 is 1.33 bits per heavy atom. The molecule has 0 atom stereocenters. The molecule has 4 heteroatoms. The van der Waals surface area contributed by atoms with E-state index in [1.54, 1.807) is 32.4 Å². The minimum atomic E-state index is 0.151. The summed E-state index contributed by atoms with van der Waals surface area (Å²) < 4.78 is 4.25. The number of phenols is 1. The largest absolute Gasteiger partial charge is 0.508 e. The van der Waals surface area contributed by atoms with Gasteiger partial charge < -0.3 is 14.7 Å². The van der Waals surface area contributed by atoms with Crippen LogP contribution in [-0.2, 0) is 4.74 Å². The van der Waals surface area contributed by atoms with Crippen LogP contribution in [0.25, 0.3) is 0 Å². The molecule has 0 saturated carbocycles. The van der Waals surface area contributed by atoms with E-state index in [2.05, 4.69) is 9.57 Å². The van der Waals surface area contributed by atoms with Gasteiger partial charge in [-0.3, -0.25) is 0 Å². The van der Waals surface area contributed by atoms with Crippen molar-refractivity contribution in [3.8, 4) is 11.5 Å². The van der Waals surface area contributed by atoms with Gasteiger partial charge in [-0.2, -0.15) is 5.90 Å². The molecule has 0 fully saturated rings. The molecule has 68 valence electrons. The molecular weight excluding hydrogens is 158 g/mol. The number of phenolic OH excluding ortho intramolecular Hbond substituents is 1. The van der Waals surface area contributed by atoms with Crippen molar-refractivity contribution in [2.75, 3.05) is 14.2 Å². The highest BCUT2D eigenvalue weighted by molar-refractivity contribution is 5.31. The molecule has 1 rings (SSSR count). The number of hydrogen-bond acceptors (Lipinski definition) is 4. The fourth-order valence-electron chi connectivity index (χ4n) is 0.557. The second-order valence-electron chi connectivity index (χ2n) is 2.02. The lowest BCUT2D eigenvalue weighted by molar-refractivity contribution is 0.277. The Morgan fingerprint density at radius 3 is 2.25 bits per heavy atom. The zero-order chi connectivity index (χ0) is 9.40. The Kier molecular flexibility index (Phi) is 5.77. The van der Waals surface area contributed by atoms with Gasteiger partial charge in [-0.25, -0.2) is 0 Å². The molecule has 12 heavy (non-hydrogen) atoms. The van der Waals surface area contributed by atoms with Crippen molar-refractivity contribution in [2.45, 2.75) is 0 Å². The van der Waals surface area contributed by atoms with Crippen LogP contribution in [-0.4, -0.2) is 19.3 Å². The standard InChI is InChI=1S/C6H7NO2.C2H6O/c7-9-6-3-1-2-5(8)4-6;1-3-2/h1-4,8H,7H2;1-2H3. The van der Waals surface area contributed by atoms with E-state index in [9.17, 15) is 0 Å². The van der Waals surface area contributed by atoms with E-state index in [0.717, 1.165) is 0 Å². The lowest BCUT2D eigenvalue weighted by atomic mass is 10.3. The first-order chi connectivity index (χ1) is 5.74. The van der Waals surface area contributed by atoms with E-state index in [-0.39, 0.29) is 5.75 Å². The molecule has 3 N–H and O–H groups in total. The van der Waals surface area contributed by atoms with Crippen LogP contribution in [0.15, 0.2) is 24.3 Å². The Morgan fingerprint density at radius 2 is 1.92 bits per heavy atom. The molecule has 0 aliphatic carbocycles. The molecule has 0 aliphatic heterocycles. The maximum atomic E-state index is 8.81. The average Bonchev–Trinajstić information content (AvgIpc) is 2.06. The Labute approximate surface area is 71.5 Å². The van der Waals surface area contributed by atoms with E-state index in [1.807, 2.05) is 0 Å². The first kappa shape index (κ1) is 10.7. The first-order valence-electron chi connectivity index (χ1n) is 3.30. The van der Waals surface area contributed by atoms with Crippen molar-refractivity contribution >= 4 is 0 Å². The summed E-state index contributed by atoms with van der Waals surface area (Å²) in [7, 11) is 3.25. The summed E-state index contributed by atoms with van der Waals surface area (Å²) in [6.07, 6.45) is 0. The monoisotopic (exact) mass is 171 g/mol. The summed E-state index contributed by atoms with van der Waals surface area (Å²) in [5.41, 5.74) is 0. The number of rotatable bonds is 1. The molecule has 4 nitrogen and oxygen atoms in total. The van der Waals surface area contributed by atoms with E-state index in [4.69, 9.17) is 11.0 Å². The zero-order valence-corrected chi connectivity index (χ0v) is 7.15. The van der Waals surface area contributed by atoms with Crippen molar-refractivity contribution in [1.29, 1.82) is 0 Å². The topological polar surface area (TPSA) is 64.7 Å². The van der Waals surface area contributed by atoms with Gasteiger partial charge >= 0.3 is 0 Å². The molecule has 0 amide bonds. The molecule has 0 bridgehead atoms. The number of methoxy groups -OCH3 is 1. The minimum absolute atomic E-state index is 0.151. The van der Waals surface area contributed by atoms with Gasteiger partial charge in [-0.05, 0) is 12.1 Å². The average molecular weight is 171 g/mol. The van der Waals surface area contributed by atoms with Crippen LogP contribution in [0.2, 0.25) is 0 Å². The van der Waals surface area contributed by atoms with Crippen LogP contribution in [0.1, 0.15) is 0 Å². The molecule has 0 aromatic heterocycles. The highest BCUT2D eigenvalue weighted by atomic mass is 16.6. The van der Waals surface area contributed by atoms with Gasteiger partial charge in [-0.15, -0.1) is 0 Å². The third-order valence-electron chi connectivity index (χ3n) is 0.954. The van der Waals surface area contributed by atoms with E-state index < -0.39 is 0 Å². The quantitative estimate of drug-likeness (QED) is 0.616. The van der Waals surface area contributed by atoms with Crippen LogP contribution in [0, 0.1) is 0 Å². The fraction of sp³-hybridized carbons (Fsp3) is 0.250. The lowest BCUT2D eigenvalue weighted by Crippen LogP contribution is -2.00. The van der Waals surface area contributed by atoms with Crippen molar-refractivity contribution in [1.82, 2.24) is 0 Å². The van der Waals surface area contributed by atoms with Gasteiger partial charge in [-0.1, -0.05) is 6.07 Å². The van der Waals surface area contributed by atoms with Gasteiger partial charge in [0.05, 0.1) is 0 Å². The molecule has 1 aromatic carbocycles. The SMILES string of the molecule is COC.NOc1cccc(O)c1. The lowest BCUT2D eigenvalue weighted by Gasteiger charge is -1.95. The molecule has 1 aromatic rings. The second-order valence-corrected chi connectivity index (χ2v) is 2.02. The summed E-state index contributed by atoms with van der Waals surface area (Å²) in [5.74, 6) is 5.41. The van der Waals surface area contributed by atoms with E-state index in [1.165, 1.54) is 6.07 Å². The second kappa shape index (κ2) is 6.45. The van der Waals surface area contributed by atoms with Gasteiger partial charge in [0, 0.05) is 20.3 Å². The molecule has 0 radical (unpaired) electrons. The van der Waals surface area contributed by atoms with Crippen LogP contribution < -0.4 is 10.7 Å². The van der Waals surface area contributed by atoms with Crippen LogP contribution in [0.4, 0.5) is 0 Å². The van der Waals surface area contributed by atoms with Crippen molar-refractivity contribution in [3.05, 3.63) is 24.3 Å². The summed E-state index contributed by atoms with van der Waals surface area (Å²) in [4.78, 5) is 4.34. The zero-order valence-electron chi connectivity index (χ0n) is 7.15. The smallest absolute Gasteiger partial charge is 0.150 e. The summed E-state index contributed by atoms with van der Waals surface area (Å²) in [5, 5.41) is 8.81. The Balaban J connectivity index is 0.000000354. The van der Waals surface area contributed by atoms with Crippen LogP contribution >= 0.6 is 0 Å². The third-order valence-corrected chi connectivity index (χ3v) is 0.954. The van der Waals surface area contributed by atoms with Gasteiger partial charge in [0.1, 0.15) is 5.75 Å². The molecule has 0 saturated heterocycles. The van der Waals surface area contributed by atoms with Gasteiger partial charge in [0.25, 0.3) is 0 Å². The predicted octanol–water partition coefficient (Wildman–Crippen LogP) is 0.907. The highest BCUT2D eigenvalue weighted by Crippen LogP contribution is 2.15. The molecular formula is C8H13NO3. The summed E-state index contributed by atoms with van der Waals surface area (Å²) in [6, 6.07) is 6.28. The molecule has 0 unspecified atom stereocenters. The number of hydrogen-bond donors (Lipinski definition) is 2. The van der Waals surface area contributed by atoms with Crippen LogP contribution in [0.3, 0.4) is 0 Å². The minimum Gasteiger partial charge on any atom is -0.508 e. The normalized spacial score (nSPS) is 8.25. The predicted molar refractivity (Wildman–Crippen MR) is 45.9 cm³/mol. The van der Waals surface area contributed by atoms with Crippen molar-refractivity contribution < 1.29 is 14.7 Å². The number of nitrogens with two attached hydrogens (primary N) is 1. The summed E-state index contributed by atoms with van der Waals surface area (Å²) in [6.45, 7) is 0. The molecule has 0 spiro atoms. The maximum Gasteiger partial charge on any atom is 0.150 e. The Bertz CT molecular complexity index is 215. The highest BCUT2D eigenvalue weighted by Gasteiger charge is 1.89. The fourth-order valence-corrected chi connectivity index (χ4v) is 0.557. The van der Waals surface area contributed by atoms with Crippen molar-refractivity contribution in [3.63, 3.8) is 0 Å². The number of ether oxygens (including phenoxy) is 1.